The van der Waals surface area contributed by atoms with E-state index in [0.29, 0.717) is 29.8 Å². The Labute approximate surface area is 111 Å². The molecule has 1 fully saturated rings. The highest BCUT2D eigenvalue weighted by Gasteiger charge is 2.29. The van der Waals surface area contributed by atoms with Crippen molar-refractivity contribution in [2.45, 2.75) is 29.4 Å². The average Bonchev–Trinajstić information content (AvgIpc) is 3.08. The number of rotatable bonds is 4. The highest BCUT2D eigenvalue weighted by atomic mass is 32.2. The second-order valence-electron chi connectivity index (χ2n) is 4.30. The summed E-state index contributed by atoms with van der Waals surface area (Å²) in [6.45, 7) is 0. The number of halogens is 3. The molecule has 1 aromatic heterocycles. The maximum Gasteiger partial charge on any atom is 0.226 e. The highest BCUT2D eigenvalue weighted by Crippen LogP contribution is 2.39. The van der Waals surface area contributed by atoms with E-state index in [1.807, 2.05) is 0 Å². The van der Waals surface area contributed by atoms with Crippen molar-refractivity contribution in [2.75, 3.05) is 0 Å². The van der Waals surface area contributed by atoms with Crippen LogP contribution in [0.3, 0.4) is 0 Å². The first kappa shape index (κ1) is 12.5. The molecule has 0 spiro atoms. The Kier molecular flexibility index (Phi) is 3.22. The normalized spacial score (nSPS) is 14.9. The van der Waals surface area contributed by atoms with Gasteiger partial charge in [-0.25, -0.2) is 13.2 Å². The van der Waals surface area contributed by atoms with Crippen LogP contribution in [-0.2, 0) is 5.75 Å². The monoisotopic (exact) mass is 286 g/mol. The zero-order valence-electron chi connectivity index (χ0n) is 9.70. The van der Waals surface area contributed by atoms with Gasteiger partial charge < -0.3 is 4.42 Å². The molecule has 0 amide bonds. The number of hydrogen-bond donors (Lipinski definition) is 0. The van der Waals surface area contributed by atoms with Gasteiger partial charge in [-0.1, -0.05) is 0 Å². The van der Waals surface area contributed by atoms with Gasteiger partial charge >= 0.3 is 0 Å². The van der Waals surface area contributed by atoms with E-state index < -0.39 is 17.5 Å². The van der Waals surface area contributed by atoms with E-state index >= 15 is 0 Å². The van der Waals surface area contributed by atoms with Gasteiger partial charge in [-0.05, 0) is 12.8 Å². The van der Waals surface area contributed by atoms with Crippen LogP contribution in [-0.4, -0.2) is 10.2 Å². The van der Waals surface area contributed by atoms with Crippen LogP contribution >= 0.6 is 11.8 Å². The largest absolute Gasteiger partial charge is 0.424 e. The number of thioether (sulfide) groups is 1. The van der Waals surface area contributed by atoms with Crippen LogP contribution in [0.1, 0.15) is 30.5 Å². The molecular weight excluding hydrogens is 277 g/mol. The molecule has 19 heavy (non-hydrogen) atoms. The van der Waals surface area contributed by atoms with E-state index in [0.717, 1.165) is 24.6 Å². The molecule has 0 aliphatic heterocycles. The van der Waals surface area contributed by atoms with Gasteiger partial charge in [0.1, 0.15) is 17.5 Å². The van der Waals surface area contributed by atoms with Gasteiger partial charge in [0.15, 0.2) is 0 Å². The standard InChI is InChI=1S/C12H9F3N2OS/c13-7-3-8(14)11(9(15)4-7)19-5-10-16-17-12(18-10)6-1-2-6/h3-4,6H,1-2,5H2. The molecule has 1 heterocycles. The summed E-state index contributed by atoms with van der Waals surface area (Å²) in [5.74, 6) is -1.41. The Morgan fingerprint density at radius 1 is 1.16 bits per heavy atom. The molecule has 3 rings (SSSR count). The van der Waals surface area contributed by atoms with E-state index in [1.54, 1.807) is 0 Å². The maximum atomic E-state index is 13.4. The number of nitrogens with zero attached hydrogens (tertiary/aromatic N) is 2. The van der Waals surface area contributed by atoms with Crippen molar-refractivity contribution in [2.24, 2.45) is 0 Å². The van der Waals surface area contributed by atoms with Gasteiger partial charge in [-0.15, -0.1) is 22.0 Å². The molecule has 0 unspecified atom stereocenters. The lowest BCUT2D eigenvalue weighted by molar-refractivity contribution is 0.466. The fourth-order valence-electron chi connectivity index (χ4n) is 1.62. The highest BCUT2D eigenvalue weighted by molar-refractivity contribution is 7.98. The van der Waals surface area contributed by atoms with Crippen molar-refractivity contribution in [3.63, 3.8) is 0 Å². The zero-order chi connectivity index (χ0) is 13.4. The summed E-state index contributed by atoms with van der Waals surface area (Å²) in [6.07, 6.45) is 2.08. The van der Waals surface area contributed by atoms with Gasteiger partial charge in [-0.3, -0.25) is 0 Å². The molecule has 1 aliphatic carbocycles. The molecule has 0 saturated heterocycles. The molecule has 0 atom stereocenters. The topological polar surface area (TPSA) is 38.9 Å². The first-order chi connectivity index (χ1) is 9.13. The number of hydrogen-bond acceptors (Lipinski definition) is 4. The smallest absolute Gasteiger partial charge is 0.226 e. The van der Waals surface area contributed by atoms with Crippen LogP contribution in [0.4, 0.5) is 13.2 Å². The van der Waals surface area contributed by atoms with Crippen molar-refractivity contribution in [1.82, 2.24) is 10.2 Å². The third-order valence-electron chi connectivity index (χ3n) is 2.71. The molecule has 1 aromatic carbocycles. The Balaban J connectivity index is 1.71. The first-order valence-corrected chi connectivity index (χ1v) is 6.71. The lowest BCUT2D eigenvalue weighted by Crippen LogP contribution is -1.91. The van der Waals surface area contributed by atoms with Gasteiger partial charge in [-0.2, -0.15) is 0 Å². The van der Waals surface area contributed by atoms with Crippen molar-refractivity contribution < 1.29 is 17.6 Å². The second kappa shape index (κ2) is 4.88. The fourth-order valence-corrected chi connectivity index (χ4v) is 2.40. The van der Waals surface area contributed by atoms with Crippen molar-refractivity contribution in [3.05, 3.63) is 41.4 Å². The summed E-state index contributed by atoms with van der Waals surface area (Å²) >= 11 is 0.868. The third kappa shape index (κ3) is 2.75. The zero-order valence-corrected chi connectivity index (χ0v) is 10.5. The molecule has 7 heteroatoms. The SMILES string of the molecule is Fc1cc(F)c(SCc2nnc(C3CC3)o2)c(F)c1. The fraction of sp³-hybridized carbons (Fsp3) is 0.333. The van der Waals surface area contributed by atoms with Crippen LogP contribution in [0.25, 0.3) is 0 Å². The predicted molar refractivity (Wildman–Crippen MR) is 62.2 cm³/mol. The lowest BCUT2D eigenvalue weighted by atomic mass is 10.3. The van der Waals surface area contributed by atoms with Crippen LogP contribution in [0.2, 0.25) is 0 Å². The Morgan fingerprint density at radius 3 is 2.47 bits per heavy atom. The molecule has 0 bridgehead atoms. The minimum absolute atomic E-state index is 0.152. The Bertz CT molecular complexity index is 590. The van der Waals surface area contributed by atoms with Crippen LogP contribution in [0.15, 0.2) is 21.4 Å². The Morgan fingerprint density at radius 2 is 1.84 bits per heavy atom. The molecule has 2 aromatic rings. The molecule has 1 aliphatic rings. The van der Waals surface area contributed by atoms with E-state index in [9.17, 15) is 13.2 Å². The summed E-state index contributed by atoms with van der Waals surface area (Å²) in [5.41, 5.74) is 0. The minimum atomic E-state index is -0.937. The van der Waals surface area contributed by atoms with E-state index in [2.05, 4.69) is 10.2 Å². The number of benzene rings is 1. The van der Waals surface area contributed by atoms with E-state index in [4.69, 9.17) is 4.42 Å². The molecule has 0 N–H and O–H groups in total. The second-order valence-corrected chi connectivity index (χ2v) is 5.28. The van der Waals surface area contributed by atoms with Crippen LogP contribution in [0.5, 0.6) is 0 Å². The summed E-state index contributed by atoms with van der Waals surface area (Å²) in [5, 5.41) is 7.68. The van der Waals surface area contributed by atoms with Crippen LogP contribution in [0, 0.1) is 17.5 Å². The summed E-state index contributed by atoms with van der Waals surface area (Å²) in [7, 11) is 0. The molecule has 100 valence electrons. The van der Waals surface area contributed by atoms with Crippen molar-refractivity contribution in [1.29, 1.82) is 0 Å². The molecule has 1 saturated carbocycles. The van der Waals surface area contributed by atoms with Gasteiger partial charge in [0.25, 0.3) is 0 Å². The minimum Gasteiger partial charge on any atom is -0.424 e. The predicted octanol–water partition coefficient (Wildman–Crippen LogP) is 3.66. The molecule has 0 radical (unpaired) electrons. The third-order valence-corrected chi connectivity index (χ3v) is 3.78. The Hall–Kier alpha value is -1.50. The summed E-state index contributed by atoms with van der Waals surface area (Å²) in [6, 6.07) is 1.30. The van der Waals surface area contributed by atoms with Gasteiger partial charge in [0, 0.05) is 18.1 Å². The van der Waals surface area contributed by atoms with Gasteiger partial charge in [0.05, 0.1) is 10.6 Å². The lowest BCUT2D eigenvalue weighted by Gasteiger charge is -2.02. The number of aromatic nitrogens is 2. The van der Waals surface area contributed by atoms with E-state index in [1.165, 1.54) is 0 Å². The van der Waals surface area contributed by atoms with E-state index in [-0.39, 0.29) is 10.6 Å². The van der Waals surface area contributed by atoms with Crippen LogP contribution < -0.4 is 0 Å². The molecular formula is C12H9F3N2OS. The van der Waals surface area contributed by atoms with Crippen molar-refractivity contribution in [3.8, 4) is 0 Å². The summed E-state index contributed by atoms with van der Waals surface area (Å²) in [4.78, 5) is -0.243. The first-order valence-electron chi connectivity index (χ1n) is 5.73. The van der Waals surface area contributed by atoms with Gasteiger partial charge in [0.2, 0.25) is 11.8 Å². The quantitative estimate of drug-likeness (QED) is 0.804. The van der Waals surface area contributed by atoms with Crippen molar-refractivity contribution >= 4 is 11.8 Å². The summed E-state index contributed by atoms with van der Waals surface area (Å²) < 4.78 is 44.9. The molecule has 3 nitrogen and oxygen atoms in total. The average molecular weight is 286 g/mol. The maximum absolute atomic E-state index is 13.4.